The van der Waals surface area contributed by atoms with Gasteiger partial charge in [-0.2, -0.15) is 0 Å². The minimum absolute atomic E-state index is 1.14. The van der Waals surface area contributed by atoms with Gasteiger partial charge in [0.2, 0.25) is 0 Å². The van der Waals surface area contributed by atoms with Crippen molar-refractivity contribution in [3.8, 4) is 112 Å². The number of rotatable bonds is 13. The molecule has 700 valence electrons. The molecule has 0 atom stereocenters. The molecule has 6 aromatic heterocycles. The fourth-order valence-electron chi connectivity index (χ4n) is 24.3. The zero-order valence-electron chi connectivity index (χ0n) is 82.0. The highest BCUT2D eigenvalue weighted by molar-refractivity contribution is 6.30. The molecule has 25 aromatic carbocycles. The molecule has 0 amide bonds. The second-order valence-electron chi connectivity index (χ2n) is 39.2. The summed E-state index contributed by atoms with van der Waals surface area (Å²) in [6.07, 6.45) is 0. The van der Waals surface area contributed by atoms with Crippen molar-refractivity contribution >= 4 is 163 Å². The molecule has 0 unspecified atom stereocenters. The summed E-state index contributed by atoms with van der Waals surface area (Å²) in [4.78, 5) is 0. The maximum Gasteiger partial charge on any atom is 0.0641 e. The van der Waals surface area contributed by atoms with E-state index in [4.69, 9.17) is 0 Å². The minimum atomic E-state index is 1.14. The van der Waals surface area contributed by atoms with Crippen LogP contribution in [0.2, 0.25) is 0 Å². The Morgan fingerprint density at radius 2 is 0.353 bits per heavy atom. The number of benzene rings is 25. The van der Waals surface area contributed by atoms with Crippen molar-refractivity contribution in [1.82, 2.24) is 27.4 Å². The molecule has 0 fully saturated rings. The van der Waals surface area contributed by atoms with Crippen LogP contribution < -0.4 is 0 Å². The van der Waals surface area contributed by atoms with Crippen molar-refractivity contribution in [3.05, 3.63) is 570 Å². The number of hydrogen-bond acceptors (Lipinski definition) is 0. The number of para-hydroxylation sites is 7. The van der Waals surface area contributed by atoms with E-state index in [0.29, 0.717) is 0 Å². The van der Waals surface area contributed by atoms with Crippen LogP contribution in [0.15, 0.2) is 570 Å². The highest BCUT2D eigenvalue weighted by Gasteiger charge is 2.29. The van der Waals surface area contributed by atoms with Crippen LogP contribution in [-0.4, -0.2) is 27.4 Å². The highest BCUT2D eigenvalue weighted by Crippen LogP contribution is 2.51. The quantitative estimate of drug-likeness (QED) is 0.110. The first-order valence-electron chi connectivity index (χ1n) is 51.7. The summed E-state index contributed by atoms with van der Waals surface area (Å²) < 4.78 is 14.9. The summed E-state index contributed by atoms with van der Waals surface area (Å²) in [5.74, 6) is 0. The molecular formula is C144H94N6. The van der Waals surface area contributed by atoms with Gasteiger partial charge in [-0.1, -0.05) is 437 Å². The second-order valence-corrected chi connectivity index (χ2v) is 39.2. The van der Waals surface area contributed by atoms with Gasteiger partial charge in [0.1, 0.15) is 0 Å². The van der Waals surface area contributed by atoms with Crippen LogP contribution in [0.4, 0.5) is 0 Å². The molecule has 31 rings (SSSR count). The summed E-state index contributed by atoms with van der Waals surface area (Å²) in [6, 6.07) is 208. The first-order chi connectivity index (χ1) is 74.5. The number of aromatic nitrogens is 6. The average Bonchev–Trinajstić information content (AvgIpc) is 1.55. The molecule has 0 saturated heterocycles. The van der Waals surface area contributed by atoms with Crippen LogP contribution in [0.25, 0.3) is 275 Å². The van der Waals surface area contributed by atoms with Gasteiger partial charge in [0.25, 0.3) is 0 Å². The predicted octanol–water partition coefficient (Wildman–Crippen LogP) is 38.8. The van der Waals surface area contributed by atoms with Gasteiger partial charge in [0, 0.05) is 98.5 Å². The Kier molecular flexibility index (Phi) is 20.9. The molecule has 6 heteroatoms. The number of fused-ring (bicyclic) bond motifs is 24. The summed E-state index contributed by atoms with van der Waals surface area (Å²) >= 11 is 0. The third-order valence-electron chi connectivity index (χ3n) is 30.8. The van der Waals surface area contributed by atoms with E-state index in [2.05, 4.69) is 598 Å². The van der Waals surface area contributed by atoms with Crippen LogP contribution in [-0.2, 0) is 0 Å². The summed E-state index contributed by atoms with van der Waals surface area (Å²) in [5, 5.41) is 22.5. The van der Waals surface area contributed by atoms with E-state index in [-0.39, 0.29) is 0 Å². The minimum Gasteiger partial charge on any atom is -0.309 e. The normalized spacial score (nSPS) is 11.7. The van der Waals surface area contributed by atoms with Crippen LogP contribution in [0.1, 0.15) is 0 Å². The molecule has 0 saturated carbocycles. The molecule has 31 aromatic rings. The first kappa shape index (κ1) is 86.7. The zero-order valence-corrected chi connectivity index (χ0v) is 82.0. The van der Waals surface area contributed by atoms with Gasteiger partial charge >= 0.3 is 0 Å². The fourth-order valence-corrected chi connectivity index (χ4v) is 24.3. The third kappa shape index (κ3) is 14.4. The second kappa shape index (κ2) is 36.1. The van der Waals surface area contributed by atoms with Crippen LogP contribution in [0.3, 0.4) is 0 Å². The maximum atomic E-state index is 2.52. The Morgan fingerprint density at radius 1 is 0.107 bits per heavy atom. The summed E-state index contributed by atoms with van der Waals surface area (Å²) in [6.45, 7) is 0. The lowest BCUT2D eigenvalue weighted by molar-refractivity contribution is 1.18. The fraction of sp³-hybridized carbons (Fsp3) is 0. The molecule has 150 heavy (non-hydrogen) atoms. The van der Waals surface area contributed by atoms with E-state index in [9.17, 15) is 0 Å². The van der Waals surface area contributed by atoms with E-state index in [0.717, 1.165) is 17.1 Å². The molecule has 0 aliphatic carbocycles. The van der Waals surface area contributed by atoms with Gasteiger partial charge in [0.15, 0.2) is 0 Å². The topological polar surface area (TPSA) is 29.6 Å². The number of nitrogens with zero attached hydrogens (tertiary/aromatic N) is 6. The summed E-state index contributed by atoms with van der Waals surface area (Å²) in [7, 11) is 0. The first-order valence-corrected chi connectivity index (χ1v) is 51.7. The average molecular weight is 1910 g/mol. The Hall–Kier alpha value is -19.9. The van der Waals surface area contributed by atoms with Gasteiger partial charge in [-0.05, 0) is 238 Å². The van der Waals surface area contributed by atoms with Crippen molar-refractivity contribution in [2.45, 2.75) is 0 Å². The van der Waals surface area contributed by atoms with Gasteiger partial charge in [-0.15, -0.1) is 0 Å². The molecule has 0 spiro atoms. The molecule has 0 radical (unpaired) electrons. The Morgan fingerprint density at radius 3 is 0.700 bits per heavy atom. The molecule has 6 heterocycles. The maximum absolute atomic E-state index is 2.52. The van der Waals surface area contributed by atoms with E-state index in [1.165, 1.54) is 258 Å². The van der Waals surface area contributed by atoms with Crippen molar-refractivity contribution in [3.63, 3.8) is 0 Å². The molecule has 0 N–H and O–H groups in total. The van der Waals surface area contributed by atoms with Crippen LogP contribution in [0.5, 0.6) is 0 Å². The lowest BCUT2D eigenvalue weighted by Gasteiger charge is -2.16. The van der Waals surface area contributed by atoms with Crippen LogP contribution >= 0.6 is 0 Å². The van der Waals surface area contributed by atoms with E-state index in [1.54, 1.807) is 0 Å². The standard InChI is InChI=1S/2C52H34N2.C40H26N2/c1-4-16-35(17-5-1)38-32-39(36-18-6-2-7-19-36)34-40(33-38)53-48-27-15-13-25-46(48)51-50(53)31-29-45-44-24-12-14-26-47(44)54(52(45)51)49-30-28-41(37-20-8-3-9-21-37)42-22-10-11-23-43(42)49;1-4-16-35(17-5-1)39-30-40(36-18-6-2-7-19-36)33-41(32-39)53-49-27-15-13-25-46(49)51-50(53)29-28-45-44-24-12-14-26-48(44)54(52(45)51)42-31-38-22-10-11-23-43(38)47(34-42)37-20-8-3-9-21-37;1-3-13-27(14-4-1)35-26-30(25-28-15-7-8-18-31(28)35)42-36-21-11-9-19-32(36)33-23-24-38-39(40(33)42)34-20-10-12-22-37(34)41(38)29-16-5-2-6-17-29/h2*1-34H;1-26H. The summed E-state index contributed by atoms with van der Waals surface area (Å²) in [5.41, 5.74) is 38.4. The van der Waals surface area contributed by atoms with Crippen molar-refractivity contribution < 1.29 is 0 Å². The zero-order chi connectivity index (χ0) is 98.8. The Bertz CT molecular complexity index is 10600. The molecule has 0 bridgehead atoms. The molecular weight excluding hydrogens is 1810 g/mol. The van der Waals surface area contributed by atoms with Crippen molar-refractivity contribution in [2.75, 3.05) is 0 Å². The van der Waals surface area contributed by atoms with E-state index >= 15 is 0 Å². The molecule has 0 aliphatic rings. The van der Waals surface area contributed by atoms with E-state index in [1.807, 2.05) is 0 Å². The van der Waals surface area contributed by atoms with Crippen LogP contribution in [0, 0.1) is 0 Å². The Labute approximate surface area is 866 Å². The molecule has 6 nitrogen and oxygen atoms in total. The van der Waals surface area contributed by atoms with Gasteiger partial charge in [-0.3, -0.25) is 0 Å². The van der Waals surface area contributed by atoms with Gasteiger partial charge < -0.3 is 27.4 Å². The Balaban J connectivity index is 0.000000107. The lowest BCUT2D eigenvalue weighted by Crippen LogP contribution is -1.98. The van der Waals surface area contributed by atoms with Crippen molar-refractivity contribution in [1.29, 1.82) is 0 Å². The lowest BCUT2D eigenvalue weighted by atomic mass is 9.97. The van der Waals surface area contributed by atoms with Gasteiger partial charge in [-0.25, -0.2) is 0 Å². The van der Waals surface area contributed by atoms with Gasteiger partial charge in [0.05, 0.1) is 71.9 Å². The monoisotopic (exact) mass is 1910 g/mol. The number of hydrogen-bond donors (Lipinski definition) is 0. The predicted molar refractivity (Wildman–Crippen MR) is 636 cm³/mol. The molecule has 0 aliphatic heterocycles. The smallest absolute Gasteiger partial charge is 0.0641 e. The SMILES string of the molecule is c1ccc(-c2cc(-c3ccccc3)cc(-n3c4ccccc4c4c3ccc3c5ccccc5n(-c5cc(-c6ccccc6)c6ccccc6c5)c34)c2)cc1.c1ccc(-c2cc(-c3ccccc3)cc(-n3c4ccccc4c4c3ccc3c5ccccc5n(-c5ccc(-c6ccccc6)c6ccccc56)c34)c2)cc1.c1ccc(-c2cc(-n3c4ccccc4c4ccc5c(c6ccccc6n5-c5ccccc5)c43)cc3ccccc23)cc1. The highest BCUT2D eigenvalue weighted by atomic mass is 15.0. The largest absolute Gasteiger partial charge is 0.309 e. The van der Waals surface area contributed by atoms with E-state index < -0.39 is 0 Å². The van der Waals surface area contributed by atoms with Crippen molar-refractivity contribution in [2.24, 2.45) is 0 Å². The third-order valence-corrected chi connectivity index (χ3v) is 30.8.